The van der Waals surface area contributed by atoms with Crippen LogP contribution in [0.1, 0.15) is 51.8 Å². The Morgan fingerprint density at radius 1 is 0.692 bits per heavy atom. The molecule has 2 aromatic rings. The van der Waals surface area contributed by atoms with Crippen LogP contribution in [0.15, 0.2) is 18.2 Å². The van der Waals surface area contributed by atoms with Crippen molar-refractivity contribution in [2.45, 2.75) is 61.4 Å². The molecule has 5 rings (SSSR count). The Labute approximate surface area is 220 Å². The van der Waals surface area contributed by atoms with Crippen molar-refractivity contribution < 1.29 is 70.1 Å². The highest BCUT2D eigenvalue weighted by molar-refractivity contribution is 6.04. The third kappa shape index (κ3) is 4.44. The Morgan fingerprint density at radius 2 is 1.26 bits per heavy atom. The second kappa shape index (κ2) is 10.1. The van der Waals surface area contributed by atoms with E-state index >= 15 is 0 Å². The minimum absolute atomic E-state index is 0.238. The Kier molecular flexibility index (Phi) is 7.07. The van der Waals surface area contributed by atoms with Gasteiger partial charge in [0.1, 0.15) is 77.7 Å². The van der Waals surface area contributed by atoms with Gasteiger partial charge in [-0.05, 0) is 17.7 Å². The fraction of sp³-hybridized carbons (Fsp3) is 0.480. The van der Waals surface area contributed by atoms with Crippen LogP contribution in [0.3, 0.4) is 0 Å². The van der Waals surface area contributed by atoms with Crippen molar-refractivity contribution in [2.24, 2.45) is 0 Å². The monoisotopic (exact) mass is 552 g/mol. The number of Topliss-reactive ketones (excluding diaryl/α,β-unsaturated/α-hetero) is 1. The predicted octanol–water partition coefficient (Wildman–Crippen LogP) is -1.48. The molecule has 2 aromatic carbocycles. The first-order valence-electron chi connectivity index (χ1n) is 12.1. The number of phenols is 4. The lowest BCUT2D eigenvalue weighted by atomic mass is 9.83. The van der Waals surface area contributed by atoms with Gasteiger partial charge in [-0.2, -0.15) is 0 Å². The molecule has 1 unspecified atom stereocenters. The Bertz CT molecular complexity index is 1280. The molecule has 14 nitrogen and oxygen atoms in total. The molecule has 0 aromatic heterocycles. The van der Waals surface area contributed by atoms with Crippen molar-refractivity contribution in [3.05, 3.63) is 40.5 Å². The quantitative estimate of drug-likeness (QED) is 0.195. The van der Waals surface area contributed by atoms with E-state index in [0.29, 0.717) is 0 Å². The first-order chi connectivity index (χ1) is 18.4. The summed E-state index contributed by atoms with van der Waals surface area (Å²) in [7, 11) is 0. The SMILES string of the molecule is O=C1CC(c2ccc(O)c(O)c2)Oc2c1c(O)c([C@@H]1OC[C@@H](O)[C@H](O)[C@H]1O)c(O)c2[C@@H]1OC[C@@H](O)[C@H](O)[C@H]1O. The number of carbonyl (C=O) groups is 1. The molecule has 39 heavy (non-hydrogen) atoms. The molecule has 3 aliphatic rings. The standard InChI is InChI=1S/C25H28O14/c26-8-2-1-7(3-9(8)27)13-4-10(28)14-19(33)15(24-21(35)17(31)11(29)5-37-24)20(34)16(23(14)39-13)25-22(36)18(32)12(30)6-38-25/h1-3,11-13,17-18,21-22,24-27,29-36H,4-6H2/t11-,12-,13?,17+,18+,21-,22-,24+,25+/m1/s1. The molecule has 0 saturated carbocycles. The molecule has 212 valence electrons. The lowest BCUT2D eigenvalue weighted by molar-refractivity contribution is -0.192. The van der Waals surface area contributed by atoms with Gasteiger partial charge in [0, 0.05) is 0 Å². The van der Waals surface area contributed by atoms with E-state index < -0.39 is 119 Å². The van der Waals surface area contributed by atoms with E-state index in [2.05, 4.69) is 0 Å². The molecule has 0 bridgehead atoms. The van der Waals surface area contributed by atoms with Gasteiger partial charge in [0.05, 0.1) is 30.8 Å². The summed E-state index contributed by atoms with van der Waals surface area (Å²) in [6.45, 7) is -0.998. The minimum Gasteiger partial charge on any atom is -0.507 e. The molecule has 0 radical (unpaired) electrons. The summed E-state index contributed by atoms with van der Waals surface area (Å²) in [6, 6.07) is 3.69. The third-order valence-corrected chi connectivity index (χ3v) is 7.33. The van der Waals surface area contributed by atoms with Gasteiger partial charge in [-0.25, -0.2) is 0 Å². The Hall–Kier alpha value is -3.21. The van der Waals surface area contributed by atoms with Gasteiger partial charge in [-0.3, -0.25) is 4.79 Å². The predicted molar refractivity (Wildman–Crippen MR) is 125 cm³/mol. The molecule has 9 atom stereocenters. The number of phenolic OH excluding ortho intramolecular Hbond substituents is 4. The number of aliphatic hydroxyl groups excluding tert-OH is 6. The van der Waals surface area contributed by atoms with Gasteiger partial charge in [0.2, 0.25) is 0 Å². The summed E-state index contributed by atoms with van der Waals surface area (Å²) in [4.78, 5) is 13.4. The number of carbonyl (C=O) groups excluding carboxylic acids is 1. The normalized spacial score (nSPS) is 34.8. The highest BCUT2D eigenvalue weighted by Crippen LogP contribution is 2.55. The van der Waals surface area contributed by atoms with Crippen LogP contribution in [0.5, 0.6) is 28.7 Å². The maximum absolute atomic E-state index is 13.4. The lowest BCUT2D eigenvalue weighted by Gasteiger charge is -2.40. The van der Waals surface area contributed by atoms with Crippen LogP contribution in [0, 0.1) is 0 Å². The van der Waals surface area contributed by atoms with E-state index in [1.165, 1.54) is 12.1 Å². The molecule has 0 amide bonds. The first kappa shape index (κ1) is 27.4. The number of aromatic hydroxyl groups is 4. The molecular weight excluding hydrogens is 524 g/mol. The van der Waals surface area contributed by atoms with Gasteiger partial charge in [-0.15, -0.1) is 0 Å². The van der Waals surface area contributed by atoms with Crippen molar-refractivity contribution in [2.75, 3.05) is 13.2 Å². The average molecular weight is 552 g/mol. The minimum atomic E-state index is -1.87. The Balaban J connectivity index is 1.69. The molecule has 3 aliphatic heterocycles. The molecule has 0 aliphatic carbocycles. The first-order valence-corrected chi connectivity index (χ1v) is 12.1. The second-order valence-corrected chi connectivity index (χ2v) is 9.82. The van der Waals surface area contributed by atoms with Gasteiger partial charge in [0.25, 0.3) is 0 Å². The van der Waals surface area contributed by atoms with E-state index in [-0.39, 0.29) is 12.0 Å². The second-order valence-electron chi connectivity index (χ2n) is 9.82. The average Bonchev–Trinajstić information content (AvgIpc) is 2.89. The lowest BCUT2D eigenvalue weighted by Crippen LogP contribution is -2.50. The van der Waals surface area contributed by atoms with Crippen molar-refractivity contribution in [1.29, 1.82) is 0 Å². The highest BCUT2D eigenvalue weighted by Gasteiger charge is 2.48. The largest absolute Gasteiger partial charge is 0.507 e. The van der Waals surface area contributed by atoms with Crippen LogP contribution in [-0.4, -0.2) is 107 Å². The van der Waals surface area contributed by atoms with Crippen LogP contribution >= 0.6 is 0 Å². The molecular formula is C25H28O14. The van der Waals surface area contributed by atoms with Crippen LogP contribution in [0.4, 0.5) is 0 Å². The number of fused-ring (bicyclic) bond motifs is 1. The van der Waals surface area contributed by atoms with Crippen molar-refractivity contribution >= 4 is 5.78 Å². The molecule has 0 spiro atoms. The van der Waals surface area contributed by atoms with Crippen LogP contribution < -0.4 is 4.74 Å². The number of hydrogen-bond donors (Lipinski definition) is 10. The summed E-state index contributed by atoms with van der Waals surface area (Å²) in [6.07, 6.45) is -14.9. The smallest absolute Gasteiger partial charge is 0.174 e. The topological polar surface area (TPSA) is 247 Å². The number of benzene rings is 2. The van der Waals surface area contributed by atoms with Crippen LogP contribution in [0.25, 0.3) is 0 Å². The van der Waals surface area contributed by atoms with Gasteiger partial charge in [0.15, 0.2) is 17.3 Å². The number of aliphatic hydroxyl groups is 6. The zero-order valence-electron chi connectivity index (χ0n) is 20.2. The third-order valence-electron chi connectivity index (χ3n) is 7.33. The van der Waals surface area contributed by atoms with Gasteiger partial charge < -0.3 is 65.3 Å². The maximum Gasteiger partial charge on any atom is 0.174 e. The number of ether oxygens (including phenoxy) is 3. The molecule has 10 N–H and O–H groups in total. The van der Waals surface area contributed by atoms with Crippen molar-refractivity contribution in [1.82, 2.24) is 0 Å². The summed E-state index contributed by atoms with van der Waals surface area (Å²) in [5.74, 6) is -3.82. The van der Waals surface area contributed by atoms with Gasteiger partial charge >= 0.3 is 0 Å². The van der Waals surface area contributed by atoms with Crippen molar-refractivity contribution in [3.63, 3.8) is 0 Å². The van der Waals surface area contributed by atoms with Crippen LogP contribution in [-0.2, 0) is 9.47 Å². The molecule has 2 fully saturated rings. The number of rotatable bonds is 3. The zero-order valence-corrected chi connectivity index (χ0v) is 20.2. The zero-order chi connectivity index (χ0) is 28.3. The fourth-order valence-corrected chi connectivity index (χ4v) is 5.16. The summed E-state index contributed by atoms with van der Waals surface area (Å²) >= 11 is 0. The van der Waals surface area contributed by atoms with E-state index in [0.717, 1.165) is 6.07 Å². The molecule has 2 saturated heterocycles. The van der Waals surface area contributed by atoms with Crippen molar-refractivity contribution in [3.8, 4) is 28.7 Å². The summed E-state index contributed by atoms with van der Waals surface area (Å²) in [5, 5.41) is 104. The summed E-state index contributed by atoms with van der Waals surface area (Å²) < 4.78 is 16.9. The molecule has 14 heteroatoms. The maximum atomic E-state index is 13.4. The summed E-state index contributed by atoms with van der Waals surface area (Å²) in [5.41, 5.74) is -1.23. The fourth-order valence-electron chi connectivity index (χ4n) is 5.16. The van der Waals surface area contributed by atoms with Crippen LogP contribution in [0.2, 0.25) is 0 Å². The molecule has 3 heterocycles. The van der Waals surface area contributed by atoms with E-state index in [1.54, 1.807) is 0 Å². The Morgan fingerprint density at radius 3 is 1.82 bits per heavy atom. The number of ketones is 1. The van der Waals surface area contributed by atoms with E-state index in [9.17, 15) is 55.9 Å². The van der Waals surface area contributed by atoms with Gasteiger partial charge in [-0.1, -0.05) is 6.07 Å². The van der Waals surface area contributed by atoms with E-state index in [1.807, 2.05) is 0 Å². The number of hydrogen-bond acceptors (Lipinski definition) is 14. The highest BCUT2D eigenvalue weighted by atomic mass is 16.5. The van der Waals surface area contributed by atoms with E-state index in [4.69, 9.17) is 14.2 Å².